The van der Waals surface area contributed by atoms with Gasteiger partial charge in [0.05, 0.1) is 4.92 Å². The van der Waals surface area contributed by atoms with Gasteiger partial charge in [-0.2, -0.15) is 22.0 Å². The second-order valence-corrected chi connectivity index (χ2v) is 3.99. The quantitative estimate of drug-likeness (QED) is 0.501. The molecule has 22 heavy (non-hydrogen) atoms. The lowest BCUT2D eigenvalue weighted by molar-refractivity contribution is -0.386. The van der Waals surface area contributed by atoms with Gasteiger partial charge in [-0.1, -0.05) is 6.07 Å². The Kier molecular flexibility index (Phi) is 4.11. The van der Waals surface area contributed by atoms with Gasteiger partial charge in [-0.05, 0) is 6.07 Å². The number of carboxylic acid groups (broad SMARTS) is 1. The molecule has 1 aromatic carbocycles. The van der Waals surface area contributed by atoms with E-state index in [2.05, 4.69) is 0 Å². The predicted molar refractivity (Wildman–Crippen MR) is 56.1 cm³/mol. The molecule has 0 aliphatic heterocycles. The molecule has 0 bridgehead atoms. The van der Waals surface area contributed by atoms with E-state index < -0.39 is 45.7 Å². The fourth-order valence-electron chi connectivity index (χ4n) is 1.59. The smallest absolute Gasteiger partial charge is 0.435 e. The molecule has 2 N–H and O–H groups in total. The van der Waals surface area contributed by atoms with Crippen LogP contribution in [0.4, 0.5) is 32.0 Å². The average molecular weight is 333 g/mol. The Morgan fingerprint density at radius 3 is 1.95 bits per heavy atom. The Labute approximate surface area is 116 Å². The zero-order valence-electron chi connectivity index (χ0n) is 10.1. The number of aromatic carboxylic acids is 1. The number of nitrogens with zero attached hydrogens (tertiary/aromatic N) is 1. The van der Waals surface area contributed by atoms with E-state index >= 15 is 0 Å². The minimum Gasteiger partial charge on any atom is -0.477 e. The molecule has 0 fully saturated rings. The summed E-state index contributed by atoms with van der Waals surface area (Å²) in [5, 5.41) is 27.4. The molecule has 0 saturated heterocycles. The van der Waals surface area contributed by atoms with Crippen molar-refractivity contribution in [1.29, 1.82) is 0 Å². The van der Waals surface area contributed by atoms with Crippen molar-refractivity contribution in [2.24, 2.45) is 0 Å². The molecule has 0 aromatic heterocycles. The second kappa shape index (κ2) is 5.12. The van der Waals surface area contributed by atoms with Crippen molar-refractivity contribution < 1.29 is 46.3 Å². The van der Waals surface area contributed by atoms with Crippen molar-refractivity contribution in [3.63, 3.8) is 0 Å². The Bertz CT molecular complexity index is 609. The van der Waals surface area contributed by atoms with Crippen LogP contribution in [0.2, 0.25) is 0 Å². The molecule has 122 valence electrons. The Hall–Kier alpha value is -2.37. The van der Waals surface area contributed by atoms with Gasteiger partial charge in [0, 0.05) is 11.6 Å². The third-order valence-corrected chi connectivity index (χ3v) is 2.63. The first-order valence-electron chi connectivity index (χ1n) is 5.11. The SMILES string of the molecule is O=C(O)c1ccc(C(F)(C(O)(F)F)C(F)(F)F)cc1[N+](=O)[O-]. The molecule has 1 rings (SSSR count). The second-order valence-electron chi connectivity index (χ2n) is 3.99. The first kappa shape index (κ1) is 17.7. The van der Waals surface area contributed by atoms with Crippen molar-refractivity contribution >= 4 is 11.7 Å². The number of carbonyl (C=O) groups is 1. The van der Waals surface area contributed by atoms with E-state index in [1.165, 1.54) is 0 Å². The summed E-state index contributed by atoms with van der Waals surface area (Å²) in [5.74, 6) is -1.94. The summed E-state index contributed by atoms with van der Waals surface area (Å²) in [6, 6.07) is -0.198. The molecule has 1 unspecified atom stereocenters. The lowest BCUT2D eigenvalue weighted by Gasteiger charge is -2.31. The van der Waals surface area contributed by atoms with Gasteiger partial charge in [0.25, 0.3) is 5.69 Å². The summed E-state index contributed by atoms with van der Waals surface area (Å²) in [6.07, 6.45) is -12.3. The number of nitro groups is 1. The minimum absolute atomic E-state index is 0.0337. The Balaban J connectivity index is 3.70. The zero-order chi connectivity index (χ0) is 17.5. The molecule has 1 atom stereocenters. The molecule has 12 heteroatoms. The van der Waals surface area contributed by atoms with E-state index in [4.69, 9.17) is 10.2 Å². The van der Waals surface area contributed by atoms with Gasteiger partial charge in [0.15, 0.2) is 0 Å². The van der Waals surface area contributed by atoms with Gasteiger partial charge in [-0.3, -0.25) is 10.1 Å². The molecule has 0 heterocycles. The molecule has 0 radical (unpaired) electrons. The number of alkyl halides is 6. The lowest BCUT2D eigenvalue weighted by atomic mass is 9.92. The summed E-state index contributed by atoms with van der Waals surface area (Å²) in [5.41, 5.74) is -10.3. The lowest BCUT2D eigenvalue weighted by Crippen LogP contribution is -2.52. The van der Waals surface area contributed by atoms with Crippen molar-refractivity contribution in [2.45, 2.75) is 18.0 Å². The van der Waals surface area contributed by atoms with E-state index in [0.717, 1.165) is 0 Å². The van der Waals surface area contributed by atoms with Gasteiger partial charge in [-0.15, -0.1) is 0 Å². The monoisotopic (exact) mass is 333 g/mol. The summed E-state index contributed by atoms with van der Waals surface area (Å²) in [7, 11) is 0. The molecule has 0 amide bonds. The van der Waals surface area contributed by atoms with Crippen molar-refractivity contribution in [1.82, 2.24) is 0 Å². The standard InChI is InChI=1S/C10H5F6NO5/c11-8(9(12,13)14,10(15,16)20)4-1-2-5(7(18)19)6(3-4)17(21)22/h1-3,20H,(H,18,19). The van der Waals surface area contributed by atoms with E-state index in [1.807, 2.05) is 0 Å². The molecule has 0 saturated carbocycles. The predicted octanol–water partition coefficient (Wildman–Crippen LogP) is 2.61. The Morgan fingerprint density at radius 2 is 1.64 bits per heavy atom. The van der Waals surface area contributed by atoms with Crippen LogP contribution in [-0.4, -0.2) is 33.4 Å². The molecule has 0 aliphatic rings. The third-order valence-electron chi connectivity index (χ3n) is 2.63. The fourth-order valence-corrected chi connectivity index (χ4v) is 1.59. The fraction of sp³-hybridized carbons (Fsp3) is 0.300. The third kappa shape index (κ3) is 2.68. The maximum absolute atomic E-state index is 13.8. The number of hydrogen-bond donors (Lipinski definition) is 2. The highest BCUT2D eigenvalue weighted by atomic mass is 19.4. The van der Waals surface area contributed by atoms with Gasteiger partial charge < -0.3 is 10.2 Å². The van der Waals surface area contributed by atoms with Gasteiger partial charge >= 0.3 is 23.9 Å². The number of rotatable bonds is 4. The largest absolute Gasteiger partial charge is 0.477 e. The average Bonchev–Trinajstić information content (AvgIpc) is 2.34. The topological polar surface area (TPSA) is 101 Å². The molecular weight excluding hydrogens is 328 g/mol. The number of nitro benzene ring substituents is 1. The summed E-state index contributed by atoms with van der Waals surface area (Å²) in [6.45, 7) is 0. The van der Waals surface area contributed by atoms with E-state index in [9.17, 15) is 41.3 Å². The molecule has 0 aliphatic carbocycles. The number of aliphatic hydroxyl groups is 1. The molecular formula is C10H5F6NO5. The van der Waals surface area contributed by atoms with Crippen LogP contribution in [0.1, 0.15) is 15.9 Å². The van der Waals surface area contributed by atoms with Gasteiger partial charge in [-0.25, -0.2) is 9.18 Å². The van der Waals surface area contributed by atoms with Crippen molar-refractivity contribution in [3.05, 3.63) is 39.4 Å². The highest BCUT2D eigenvalue weighted by Crippen LogP contribution is 2.51. The molecule has 0 spiro atoms. The summed E-state index contributed by atoms with van der Waals surface area (Å²) >= 11 is 0. The van der Waals surface area contributed by atoms with Crippen LogP contribution < -0.4 is 0 Å². The number of benzene rings is 1. The normalized spacial score (nSPS) is 15.2. The minimum atomic E-state index is -6.33. The zero-order valence-corrected chi connectivity index (χ0v) is 10.1. The molecule has 1 aromatic rings. The summed E-state index contributed by atoms with van der Waals surface area (Å²) in [4.78, 5) is 19.8. The van der Waals surface area contributed by atoms with Crippen LogP contribution in [0.25, 0.3) is 0 Å². The van der Waals surface area contributed by atoms with Gasteiger partial charge in [0.1, 0.15) is 5.56 Å². The van der Waals surface area contributed by atoms with Crippen LogP contribution in [0, 0.1) is 10.1 Å². The van der Waals surface area contributed by atoms with E-state index in [1.54, 1.807) is 0 Å². The Morgan fingerprint density at radius 1 is 1.14 bits per heavy atom. The summed E-state index contributed by atoms with van der Waals surface area (Å²) < 4.78 is 77.0. The van der Waals surface area contributed by atoms with Crippen LogP contribution >= 0.6 is 0 Å². The van der Waals surface area contributed by atoms with E-state index in [0.29, 0.717) is 0 Å². The molecule has 6 nitrogen and oxygen atoms in total. The maximum Gasteiger partial charge on any atom is 0.435 e. The van der Waals surface area contributed by atoms with Crippen molar-refractivity contribution in [2.75, 3.05) is 0 Å². The highest BCUT2D eigenvalue weighted by Gasteiger charge is 2.72. The van der Waals surface area contributed by atoms with Crippen molar-refractivity contribution in [3.8, 4) is 0 Å². The van der Waals surface area contributed by atoms with Crippen LogP contribution in [0.5, 0.6) is 0 Å². The van der Waals surface area contributed by atoms with Crippen LogP contribution in [-0.2, 0) is 5.67 Å². The number of halogens is 6. The van der Waals surface area contributed by atoms with E-state index in [-0.39, 0.29) is 18.2 Å². The first-order valence-corrected chi connectivity index (χ1v) is 5.11. The highest BCUT2D eigenvalue weighted by molar-refractivity contribution is 5.92. The number of carboxylic acids is 1. The number of hydrogen-bond acceptors (Lipinski definition) is 4. The van der Waals surface area contributed by atoms with Gasteiger partial charge in [0.2, 0.25) is 0 Å². The van der Waals surface area contributed by atoms with Crippen LogP contribution in [0.3, 0.4) is 0 Å². The van der Waals surface area contributed by atoms with Crippen LogP contribution in [0.15, 0.2) is 18.2 Å². The maximum atomic E-state index is 13.8. The first-order chi connectivity index (χ1) is 9.73.